The van der Waals surface area contributed by atoms with E-state index in [2.05, 4.69) is 15.5 Å². The van der Waals surface area contributed by atoms with E-state index in [0.717, 1.165) is 0 Å². The molecule has 0 atom stereocenters. The van der Waals surface area contributed by atoms with Crippen molar-refractivity contribution in [3.05, 3.63) is 17.8 Å². The monoisotopic (exact) mass is 280 g/mol. The fourth-order valence-corrected chi connectivity index (χ4v) is 1.80. The van der Waals surface area contributed by atoms with Crippen molar-refractivity contribution >= 4 is 17.7 Å². The van der Waals surface area contributed by atoms with Gasteiger partial charge in [0, 0.05) is 13.1 Å². The highest BCUT2D eigenvalue weighted by atomic mass is 16.4. The van der Waals surface area contributed by atoms with Gasteiger partial charge in [0.2, 0.25) is 0 Å². The van der Waals surface area contributed by atoms with Crippen molar-refractivity contribution in [2.45, 2.75) is 33.2 Å². The molecule has 0 aliphatic heterocycles. The maximum absolute atomic E-state index is 11.6. The van der Waals surface area contributed by atoms with Crippen LogP contribution in [-0.2, 0) is 4.79 Å². The van der Waals surface area contributed by atoms with Gasteiger partial charge in [-0.25, -0.2) is 4.79 Å². The zero-order valence-corrected chi connectivity index (χ0v) is 12.2. The molecule has 7 nitrogen and oxygen atoms in total. The van der Waals surface area contributed by atoms with Crippen LogP contribution in [0.1, 0.15) is 38.2 Å². The molecule has 0 spiro atoms. The highest BCUT2D eigenvalue weighted by Crippen LogP contribution is 2.21. The largest absolute Gasteiger partial charge is 0.480 e. The molecule has 0 saturated heterocycles. The van der Waals surface area contributed by atoms with Gasteiger partial charge in [0.1, 0.15) is 5.54 Å². The minimum absolute atomic E-state index is 0.208. The Morgan fingerprint density at radius 3 is 2.35 bits per heavy atom. The average Bonchev–Trinajstić information content (AvgIpc) is 2.40. The van der Waals surface area contributed by atoms with Crippen LogP contribution in [0.3, 0.4) is 0 Å². The van der Waals surface area contributed by atoms with E-state index in [4.69, 9.17) is 0 Å². The second-order valence-electron chi connectivity index (χ2n) is 4.74. The molecule has 1 amide bonds. The number of nitrogens with zero attached hydrogens (tertiary/aromatic N) is 3. The standard InChI is InChI=1S/C13H20N4O3/c1-5-14-11(18)9-7-8-10(16-15-9)17(6-2)13(3,4)12(19)20/h7-8H,5-6H2,1-4H3,(H,14,18)(H,19,20). The molecule has 1 aromatic rings. The third kappa shape index (κ3) is 3.23. The zero-order chi connectivity index (χ0) is 15.3. The number of carbonyl (C=O) groups excluding carboxylic acids is 1. The lowest BCUT2D eigenvalue weighted by Gasteiger charge is -2.34. The molecule has 0 radical (unpaired) electrons. The van der Waals surface area contributed by atoms with Crippen LogP contribution in [0.25, 0.3) is 0 Å². The molecule has 0 bridgehead atoms. The Morgan fingerprint density at radius 1 is 1.30 bits per heavy atom. The molecule has 0 saturated carbocycles. The number of amides is 1. The Kier molecular flexibility index (Phi) is 5.01. The zero-order valence-electron chi connectivity index (χ0n) is 12.2. The lowest BCUT2D eigenvalue weighted by molar-refractivity contribution is -0.142. The van der Waals surface area contributed by atoms with Crippen LogP contribution in [0.5, 0.6) is 0 Å². The number of carboxylic acids is 1. The first-order valence-electron chi connectivity index (χ1n) is 6.47. The first-order chi connectivity index (χ1) is 9.34. The summed E-state index contributed by atoms with van der Waals surface area (Å²) in [4.78, 5) is 24.5. The van der Waals surface area contributed by atoms with Gasteiger partial charge in [0.15, 0.2) is 11.5 Å². The van der Waals surface area contributed by atoms with Crippen molar-refractivity contribution in [3.63, 3.8) is 0 Å². The number of carbonyl (C=O) groups is 2. The highest BCUT2D eigenvalue weighted by molar-refractivity contribution is 5.92. The van der Waals surface area contributed by atoms with Crippen LogP contribution in [0.15, 0.2) is 12.1 Å². The van der Waals surface area contributed by atoms with Gasteiger partial charge in [-0.1, -0.05) is 0 Å². The Bertz CT molecular complexity index is 485. The topological polar surface area (TPSA) is 95.4 Å². The maximum Gasteiger partial charge on any atom is 0.329 e. The van der Waals surface area contributed by atoms with Crippen LogP contribution in [0, 0.1) is 0 Å². The molecule has 0 fully saturated rings. The van der Waals surface area contributed by atoms with Gasteiger partial charge < -0.3 is 15.3 Å². The molecule has 1 rings (SSSR count). The lowest BCUT2D eigenvalue weighted by atomic mass is 10.0. The summed E-state index contributed by atoms with van der Waals surface area (Å²) in [6, 6.07) is 3.14. The number of hydrogen-bond donors (Lipinski definition) is 2. The molecule has 20 heavy (non-hydrogen) atoms. The van der Waals surface area contributed by atoms with Crippen LogP contribution in [0.2, 0.25) is 0 Å². The number of carboxylic acid groups (broad SMARTS) is 1. The number of anilines is 1. The van der Waals surface area contributed by atoms with Gasteiger partial charge in [0.05, 0.1) is 0 Å². The van der Waals surface area contributed by atoms with Crippen molar-refractivity contribution in [1.29, 1.82) is 0 Å². The Balaban J connectivity index is 3.02. The second-order valence-corrected chi connectivity index (χ2v) is 4.74. The third-order valence-electron chi connectivity index (χ3n) is 3.01. The minimum atomic E-state index is -1.10. The molecule has 0 aliphatic rings. The summed E-state index contributed by atoms with van der Waals surface area (Å²) < 4.78 is 0. The first-order valence-corrected chi connectivity index (χ1v) is 6.47. The van der Waals surface area contributed by atoms with E-state index in [0.29, 0.717) is 18.9 Å². The van der Waals surface area contributed by atoms with E-state index in [-0.39, 0.29) is 11.6 Å². The maximum atomic E-state index is 11.6. The van der Waals surface area contributed by atoms with Gasteiger partial charge in [-0.3, -0.25) is 4.79 Å². The molecule has 110 valence electrons. The number of likely N-dealkylation sites (N-methyl/N-ethyl adjacent to an activating group) is 1. The lowest BCUT2D eigenvalue weighted by Crippen LogP contribution is -2.50. The third-order valence-corrected chi connectivity index (χ3v) is 3.01. The van der Waals surface area contributed by atoms with Gasteiger partial charge >= 0.3 is 5.97 Å². The van der Waals surface area contributed by atoms with Crippen molar-refractivity contribution in [2.24, 2.45) is 0 Å². The van der Waals surface area contributed by atoms with E-state index >= 15 is 0 Å². The Morgan fingerprint density at radius 2 is 1.95 bits per heavy atom. The summed E-state index contributed by atoms with van der Waals surface area (Å²) in [6.07, 6.45) is 0. The molecule has 2 N–H and O–H groups in total. The van der Waals surface area contributed by atoms with Crippen molar-refractivity contribution in [3.8, 4) is 0 Å². The number of rotatable bonds is 6. The average molecular weight is 280 g/mol. The quantitative estimate of drug-likeness (QED) is 0.804. The summed E-state index contributed by atoms with van der Waals surface area (Å²) in [5, 5.41) is 19.7. The van der Waals surface area contributed by atoms with E-state index in [9.17, 15) is 14.7 Å². The smallest absolute Gasteiger partial charge is 0.329 e. The summed E-state index contributed by atoms with van der Waals surface area (Å²) in [5.41, 5.74) is -0.892. The molecule has 1 aromatic heterocycles. The summed E-state index contributed by atoms with van der Waals surface area (Å²) in [5.74, 6) is -0.825. The molecule has 0 aromatic carbocycles. The first kappa shape index (κ1) is 15.9. The van der Waals surface area contributed by atoms with E-state index in [1.807, 2.05) is 13.8 Å². The Labute approximate surface area is 118 Å². The fraction of sp³-hybridized carbons (Fsp3) is 0.538. The molecule has 7 heteroatoms. The van der Waals surface area contributed by atoms with E-state index in [1.165, 1.54) is 6.07 Å². The SMILES string of the molecule is CCNC(=O)c1ccc(N(CC)C(C)(C)C(=O)O)nn1. The predicted molar refractivity (Wildman–Crippen MR) is 74.8 cm³/mol. The number of aliphatic carboxylic acids is 1. The second kappa shape index (κ2) is 6.31. The molecule has 0 aliphatic carbocycles. The summed E-state index contributed by atoms with van der Waals surface area (Å²) in [7, 11) is 0. The molecular weight excluding hydrogens is 260 g/mol. The van der Waals surface area contributed by atoms with E-state index < -0.39 is 11.5 Å². The van der Waals surface area contributed by atoms with E-state index in [1.54, 1.807) is 24.8 Å². The van der Waals surface area contributed by atoms with Crippen LogP contribution in [-0.4, -0.2) is 45.8 Å². The number of nitrogens with one attached hydrogen (secondary N) is 1. The van der Waals surface area contributed by atoms with Crippen molar-refractivity contribution < 1.29 is 14.7 Å². The molecular formula is C13H20N4O3. The van der Waals surface area contributed by atoms with Crippen LogP contribution in [0.4, 0.5) is 5.82 Å². The number of aromatic nitrogens is 2. The fourth-order valence-electron chi connectivity index (χ4n) is 1.80. The molecule has 1 heterocycles. The van der Waals surface area contributed by atoms with Crippen LogP contribution >= 0.6 is 0 Å². The summed E-state index contributed by atoms with van der Waals surface area (Å²) in [6.45, 7) is 7.82. The van der Waals surface area contributed by atoms with Gasteiger partial charge in [-0.2, -0.15) is 0 Å². The van der Waals surface area contributed by atoms with Crippen LogP contribution < -0.4 is 10.2 Å². The normalized spacial score (nSPS) is 11.0. The van der Waals surface area contributed by atoms with Gasteiger partial charge in [0.25, 0.3) is 5.91 Å². The van der Waals surface area contributed by atoms with Crippen molar-refractivity contribution in [1.82, 2.24) is 15.5 Å². The highest BCUT2D eigenvalue weighted by Gasteiger charge is 2.34. The molecule has 0 unspecified atom stereocenters. The van der Waals surface area contributed by atoms with Crippen molar-refractivity contribution in [2.75, 3.05) is 18.0 Å². The number of hydrogen-bond acceptors (Lipinski definition) is 5. The Hall–Kier alpha value is -2.18. The van der Waals surface area contributed by atoms with Gasteiger partial charge in [-0.15, -0.1) is 10.2 Å². The summed E-state index contributed by atoms with van der Waals surface area (Å²) >= 11 is 0. The minimum Gasteiger partial charge on any atom is -0.480 e. The predicted octanol–water partition coefficient (Wildman–Crippen LogP) is 0.916. The van der Waals surface area contributed by atoms with Gasteiger partial charge in [-0.05, 0) is 39.8 Å².